The summed E-state index contributed by atoms with van der Waals surface area (Å²) < 4.78 is 0. The van der Waals surface area contributed by atoms with Gasteiger partial charge < -0.3 is 16.4 Å². The van der Waals surface area contributed by atoms with Gasteiger partial charge in [0.1, 0.15) is 0 Å². The Labute approximate surface area is 127 Å². The van der Waals surface area contributed by atoms with E-state index < -0.39 is 6.04 Å². The Kier molecular flexibility index (Phi) is 5.37. The van der Waals surface area contributed by atoms with Crippen LogP contribution < -0.4 is 11.5 Å². The second kappa shape index (κ2) is 7.05. The average Bonchev–Trinajstić information content (AvgIpc) is 2.90. The Morgan fingerprint density at radius 1 is 1.29 bits per heavy atom. The first-order chi connectivity index (χ1) is 10.0. The van der Waals surface area contributed by atoms with E-state index in [-0.39, 0.29) is 5.91 Å². The molecule has 1 saturated heterocycles. The highest BCUT2D eigenvalue weighted by Crippen LogP contribution is 2.32. The smallest absolute Gasteiger partial charge is 0.239 e. The minimum atomic E-state index is -0.391. The summed E-state index contributed by atoms with van der Waals surface area (Å²) in [6, 6.07) is 9.94. The minimum absolute atomic E-state index is 0.0700. The Hall–Kier alpha value is -1.39. The number of carbonyl (C=O) groups excluding carboxylic acids is 1. The lowest BCUT2D eigenvalue weighted by atomic mass is 9.89. The molecule has 3 atom stereocenters. The fourth-order valence-electron chi connectivity index (χ4n) is 3.21. The highest BCUT2D eigenvalue weighted by molar-refractivity contribution is 5.82. The van der Waals surface area contributed by atoms with E-state index in [2.05, 4.69) is 26.0 Å². The first-order valence-corrected chi connectivity index (χ1v) is 7.82. The van der Waals surface area contributed by atoms with Crippen molar-refractivity contribution in [3.05, 3.63) is 35.9 Å². The van der Waals surface area contributed by atoms with Gasteiger partial charge in [0.25, 0.3) is 0 Å². The van der Waals surface area contributed by atoms with E-state index in [9.17, 15) is 4.79 Å². The zero-order valence-electron chi connectivity index (χ0n) is 13.0. The lowest BCUT2D eigenvalue weighted by Crippen LogP contribution is -2.43. The number of carbonyl (C=O) groups is 1. The van der Waals surface area contributed by atoms with Gasteiger partial charge >= 0.3 is 0 Å². The van der Waals surface area contributed by atoms with Crippen LogP contribution in [0.25, 0.3) is 0 Å². The van der Waals surface area contributed by atoms with E-state index in [1.165, 1.54) is 5.56 Å². The molecule has 1 aromatic rings. The molecule has 0 saturated carbocycles. The van der Waals surface area contributed by atoms with E-state index in [0.717, 1.165) is 19.5 Å². The summed E-state index contributed by atoms with van der Waals surface area (Å²) in [7, 11) is 0. The molecule has 1 aromatic carbocycles. The second-order valence-corrected chi connectivity index (χ2v) is 6.49. The van der Waals surface area contributed by atoms with Gasteiger partial charge in [-0.05, 0) is 30.4 Å². The zero-order chi connectivity index (χ0) is 15.4. The van der Waals surface area contributed by atoms with Crippen molar-refractivity contribution < 1.29 is 4.79 Å². The van der Waals surface area contributed by atoms with Crippen molar-refractivity contribution in [3.63, 3.8) is 0 Å². The molecule has 1 heterocycles. The molecule has 2 rings (SSSR count). The molecule has 21 heavy (non-hydrogen) atoms. The lowest BCUT2D eigenvalue weighted by molar-refractivity contribution is -0.132. The summed E-state index contributed by atoms with van der Waals surface area (Å²) in [4.78, 5) is 14.4. The van der Waals surface area contributed by atoms with Crippen LogP contribution in [0.5, 0.6) is 0 Å². The molecule has 0 aromatic heterocycles. The van der Waals surface area contributed by atoms with Crippen LogP contribution in [0, 0.1) is 11.8 Å². The van der Waals surface area contributed by atoms with Crippen molar-refractivity contribution in [1.82, 2.24) is 4.90 Å². The molecule has 1 aliphatic rings. The molecule has 1 amide bonds. The van der Waals surface area contributed by atoms with E-state index in [1.807, 2.05) is 23.1 Å². The van der Waals surface area contributed by atoms with Crippen LogP contribution in [0.15, 0.2) is 30.3 Å². The average molecular weight is 289 g/mol. The normalized spacial score (nSPS) is 23.6. The highest BCUT2D eigenvalue weighted by Gasteiger charge is 2.36. The third-order valence-corrected chi connectivity index (χ3v) is 4.33. The predicted molar refractivity (Wildman–Crippen MR) is 85.7 cm³/mol. The molecular weight excluding hydrogens is 262 g/mol. The Balaban J connectivity index is 2.06. The molecule has 116 valence electrons. The maximum Gasteiger partial charge on any atom is 0.239 e. The molecule has 4 N–H and O–H groups in total. The van der Waals surface area contributed by atoms with Crippen molar-refractivity contribution >= 4 is 5.91 Å². The first kappa shape index (κ1) is 16.0. The van der Waals surface area contributed by atoms with Crippen LogP contribution in [0.4, 0.5) is 0 Å². The summed E-state index contributed by atoms with van der Waals surface area (Å²) in [6.07, 6.45) is 0.735. The van der Waals surface area contributed by atoms with Crippen LogP contribution in [0.3, 0.4) is 0 Å². The van der Waals surface area contributed by atoms with Crippen LogP contribution in [-0.2, 0) is 4.79 Å². The number of nitrogens with two attached hydrogens (primary N) is 2. The third-order valence-electron chi connectivity index (χ3n) is 4.33. The van der Waals surface area contributed by atoms with Crippen LogP contribution >= 0.6 is 0 Å². The quantitative estimate of drug-likeness (QED) is 0.864. The van der Waals surface area contributed by atoms with Crippen molar-refractivity contribution in [1.29, 1.82) is 0 Å². The number of benzene rings is 1. The number of amides is 1. The van der Waals surface area contributed by atoms with Gasteiger partial charge in [-0.2, -0.15) is 0 Å². The second-order valence-electron chi connectivity index (χ2n) is 6.49. The molecule has 1 aliphatic heterocycles. The summed E-state index contributed by atoms with van der Waals surface area (Å²) in [6.45, 7) is 6.24. The summed E-state index contributed by atoms with van der Waals surface area (Å²) in [5.74, 6) is 1.15. The third kappa shape index (κ3) is 3.83. The molecule has 0 radical (unpaired) electrons. The number of hydrogen-bond donors (Lipinski definition) is 2. The highest BCUT2D eigenvalue weighted by atomic mass is 16.2. The fourth-order valence-corrected chi connectivity index (χ4v) is 3.21. The Bertz CT molecular complexity index is 460. The summed E-state index contributed by atoms with van der Waals surface area (Å²) >= 11 is 0. The van der Waals surface area contributed by atoms with Crippen molar-refractivity contribution in [2.45, 2.75) is 32.2 Å². The molecule has 4 heteroatoms. The van der Waals surface area contributed by atoms with E-state index in [1.54, 1.807) is 0 Å². The predicted octanol–water partition coefficient (Wildman–Crippen LogP) is 1.56. The van der Waals surface area contributed by atoms with Crippen molar-refractivity contribution in [2.75, 3.05) is 19.6 Å². The number of nitrogens with zero attached hydrogens (tertiary/aromatic N) is 1. The van der Waals surface area contributed by atoms with E-state index >= 15 is 0 Å². The first-order valence-electron chi connectivity index (χ1n) is 7.82. The van der Waals surface area contributed by atoms with Gasteiger partial charge in [0, 0.05) is 19.0 Å². The SMILES string of the molecule is CC(C)C[C@H](N)C(=O)N1C[C@@H](CN)[C@H](c2ccccc2)C1. The van der Waals surface area contributed by atoms with Crippen molar-refractivity contribution in [2.24, 2.45) is 23.3 Å². The number of hydrogen-bond acceptors (Lipinski definition) is 3. The number of rotatable bonds is 5. The summed E-state index contributed by atoms with van der Waals surface area (Å²) in [5.41, 5.74) is 13.2. The number of likely N-dealkylation sites (tertiary alicyclic amines) is 1. The molecular formula is C17H27N3O. The van der Waals surface area contributed by atoms with Crippen molar-refractivity contribution in [3.8, 4) is 0 Å². The Morgan fingerprint density at radius 2 is 1.95 bits per heavy atom. The molecule has 1 fully saturated rings. The molecule has 0 unspecified atom stereocenters. The maximum atomic E-state index is 12.5. The maximum absolute atomic E-state index is 12.5. The van der Waals surface area contributed by atoms with Gasteiger partial charge in [-0.25, -0.2) is 0 Å². The topological polar surface area (TPSA) is 72.4 Å². The summed E-state index contributed by atoms with van der Waals surface area (Å²) in [5, 5.41) is 0. The standard InChI is InChI=1S/C17H27N3O/c1-12(2)8-16(19)17(21)20-10-14(9-18)15(11-20)13-6-4-3-5-7-13/h3-7,12,14-16H,8-11,18-19H2,1-2H3/t14-,15+,16+/m1/s1. The molecule has 4 nitrogen and oxygen atoms in total. The largest absolute Gasteiger partial charge is 0.340 e. The van der Waals surface area contributed by atoms with E-state index in [0.29, 0.717) is 24.3 Å². The van der Waals surface area contributed by atoms with E-state index in [4.69, 9.17) is 11.5 Å². The van der Waals surface area contributed by atoms with Crippen LogP contribution in [0.1, 0.15) is 31.7 Å². The zero-order valence-corrected chi connectivity index (χ0v) is 13.0. The van der Waals surface area contributed by atoms with Gasteiger partial charge in [0.15, 0.2) is 0 Å². The molecule has 0 spiro atoms. The lowest BCUT2D eigenvalue weighted by Gasteiger charge is -2.22. The van der Waals surface area contributed by atoms with Gasteiger partial charge in [0.05, 0.1) is 6.04 Å². The fraction of sp³-hybridized carbons (Fsp3) is 0.588. The van der Waals surface area contributed by atoms with Gasteiger partial charge in [-0.15, -0.1) is 0 Å². The van der Waals surface area contributed by atoms with Gasteiger partial charge in [-0.3, -0.25) is 4.79 Å². The van der Waals surface area contributed by atoms with Crippen LogP contribution in [0.2, 0.25) is 0 Å². The van der Waals surface area contributed by atoms with Crippen LogP contribution in [-0.4, -0.2) is 36.5 Å². The monoisotopic (exact) mass is 289 g/mol. The molecule has 0 aliphatic carbocycles. The minimum Gasteiger partial charge on any atom is -0.340 e. The Morgan fingerprint density at radius 3 is 2.52 bits per heavy atom. The van der Waals surface area contributed by atoms with Gasteiger partial charge in [0.2, 0.25) is 5.91 Å². The molecule has 0 bridgehead atoms. The van der Waals surface area contributed by atoms with Gasteiger partial charge in [-0.1, -0.05) is 44.2 Å².